The molecule has 0 atom stereocenters. The van der Waals surface area contributed by atoms with Crippen LogP contribution in [0.15, 0.2) is 36.4 Å². The molecule has 0 aliphatic carbocycles. The minimum absolute atomic E-state index is 0.367. The van der Waals surface area contributed by atoms with E-state index in [0.717, 1.165) is 11.3 Å². The molecule has 0 bridgehead atoms. The predicted octanol–water partition coefficient (Wildman–Crippen LogP) is 3.76. The van der Waals surface area contributed by atoms with E-state index in [4.69, 9.17) is 22.1 Å². The summed E-state index contributed by atoms with van der Waals surface area (Å²) in [7, 11) is 1.33. The van der Waals surface area contributed by atoms with Crippen molar-refractivity contribution in [1.82, 2.24) is 0 Å². The number of nitrogens with two attached hydrogens (primary N) is 1. The minimum Gasteiger partial charge on any atom is -0.465 e. The van der Waals surface area contributed by atoms with Crippen molar-refractivity contribution in [2.24, 2.45) is 0 Å². The molecule has 0 saturated heterocycles. The summed E-state index contributed by atoms with van der Waals surface area (Å²) < 4.78 is 4.76. The number of hydrogen-bond acceptors (Lipinski definition) is 4. The van der Waals surface area contributed by atoms with E-state index in [0.29, 0.717) is 22.0 Å². The molecule has 0 aromatic heterocycles. The molecule has 0 radical (unpaired) electrons. The van der Waals surface area contributed by atoms with Crippen LogP contribution in [-0.2, 0) is 4.74 Å². The molecule has 0 unspecified atom stereocenters. The van der Waals surface area contributed by atoms with Crippen LogP contribution in [0.4, 0.5) is 17.1 Å². The minimum atomic E-state index is -0.454. The van der Waals surface area contributed by atoms with Gasteiger partial charge < -0.3 is 15.8 Å². The number of nitrogen functional groups attached to an aromatic ring is 1. The molecule has 2 rings (SSSR count). The van der Waals surface area contributed by atoms with Gasteiger partial charge in [-0.2, -0.15) is 0 Å². The number of nitrogens with one attached hydrogen (secondary N) is 1. The monoisotopic (exact) mass is 290 g/mol. The summed E-state index contributed by atoms with van der Waals surface area (Å²) in [6, 6.07) is 10.6. The lowest BCUT2D eigenvalue weighted by molar-refractivity contribution is 0.0602. The Hall–Kier alpha value is -2.20. The lowest BCUT2D eigenvalue weighted by Crippen LogP contribution is -2.07. The lowest BCUT2D eigenvalue weighted by Gasteiger charge is -2.14. The van der Waals surface area contributed by atoms with Gasteiger partial charge in [0.1, 0.15) is 0 Å². The number of halogens is 1. The van der Waals surface area contributed by atoms with Crippen LogP contribution >= 0.6 is 11.6 Å². The molecule has 20 heavy (non-hydrogen) atoms. The Morgan fingerprint density at radius 3 is 2.70 bits per heavy atom. The van der Waals surface area contributed by atoms with E-state index in [1.165, 1.54) is 7.11 Å². The van der Waals surface area contributed by atoms with Gasteiger partial charge in [-0.15, -0.1) is 0 Å². The SMILES string of the molecule is COC(=O)c1cc(N)ccc1Nc1c(C)cccc1Cl. The summed E-state index contributed by atoms with van der Waals surface area (Å²) in [5, 5.41) is 3.74. The zero-order valence-electron chi connectivity index (χ0n) is 11.2. The number of rotatable bonds is 3. The van der Waals surface area contributed by atoms with E-state index in [1.807, 2.05) is 19.1 Å². The highest BCUT2D eigenvalue weighted by Gasteiger charge is 2.14. The normalized spacial score (nSPS) is 10.2. The van der Waals surface area contributed by atoms with Crippen LogP contribution < -0.4 is 11.1 Å². The molecule has 5 heteroatoms. The topological polar surface area (TPSA) is 64.3 Å². The van der Waals surface area contributed by atoms with E-state index in [9.17, 15) is 4.79 Å². The highest BCUT2D eigenvalue weighted by molar-refractivity contribution is 6.33. The maximum absolute atomic E-state index is 11.8. The average molecular weight is 291 g/mol. The second-order valence-corrected chi connectivity index (χ2v) is 4.76. The van der Waals surface area contributed by atoms with Crippen LogP contribution in [0.25, 0.3) is 0 Å². The average Bonchev–Trinajstić information content (AvgIpc) is 2.43. The van der Waals surface area contributed by atoms with Crippen LogP contribution in [0, 0.1) is 6.92 Å². The summed E-state index contributed by atoms with van der Waals surface area (Å²) in [6.45, 7) is 1.93. The van der Waals surface area contributed by atoms with E-state index >= 15 is 0 Å². The maximum atomic E-state index is 11.8. The number of methoxy groups -OCH3 is 1. The Kier molecular flexibility index (Phi) is 4.15. The lowest BCUT2D eigenvalue weighted by atomic mass is 10.1. The largest absolute Gasteiger partial charge is 0.465 e. The summed E-state index contributed by atoms with van der Waals surface area (Å²) in [4.78, 5) is 11.8. The first kappa shape index (κ1) is 14.2. The fourth-order valence-electron chi connectivity index (χ4n) is 1.87. The van der Waals surface area contributed by atoms with Crippen LogP contribution in [0.2, 0.25) is 5.02 Å². The van der Waals surface area contributed by atoms with Crippen molar-refractivity contribution < 1.29 is 9.53 Å². The van der Waals surface area contributed by atoms with Gasteiger partial charge >= 0.3 is 5.97 Å². The maximum Gasteiger partial charge on any atom is 0.340 e. The van der Waals surface area contributed by atoms with E-state index < -0.39 is 5.97 Å². The van der Waals surface area contributed by atoms with Gasteiger partial charge in [0.25, 0.3) is 0 Å². The molecule has 0 spiro atoms. The first-order valence-corrected chi connectivity index (χ1v) is 6.40. The molecule has 2 aromatic rings. The van der Waals surface area contributed by atoms with Crippen LogP contribution in [-0.4, -0.2) is 13.1 Å². The summed E-state index contributed by atoms with van der Waals surface area (Å²) in [5.74, 6) is -0.454. The van der Waals surface area contributed by atoms with Gasteiger partial charge in [-0.3, -0.25) is 0 Å². The molecule has 0 heterocycles. The molecular weight excluding hydrogens is 276 g/mol. The molecule has 0 aliphatic rings. The first-order valence-electron chi connectivity index (χ1n) is 6.03. The summed E-state index contributed by atoms with van der Waals surface area (Å²) >= 11 is 6.17. The van der Waals surface area contributed by atoms with E-state index in [1.54, 1.807) is 24.3 Å². The summed E-state index contributed by atoms with van der Waals surface area (Å²) in [6.07, 6.45) is 0. The number of aryl methyl sites for hydroxylation is 1. The molecule has 0 fully saturated rings. The molecule has 104 valence electrons. The zero-order valence-corrected chi connectivity index (χ0v) is 12.0. The van der Waals surface area contributed by atoms with Crippen molar-refractivity contribution in [2.45, 2.75) is 6.92 Å². The van der Waals surface area contributed by atoms with Gasteiger partial charge in [0.15, 0.2) is 0 Å². The van der Waals surface area contributed by atoms with Gasteiger partial charge in [-0.25, -0.2) is 4.79 Å². The second kappa shape index (κ2) is 5.84. The van der Waals surface area contributed by atoms with Crippen molar-refractivity contribution in [3.63, 3.8) is 0 Å². The fraction of sp³-hybridized carbons (Fsp3) is 0.133. The molecule has 2 aromatic carbocycles. The molecule has 0 saturated carbocycles. The molecular formula is C15H15ClN2O2. The van der Waals surface area contributed by atoms with Gasteiger partial charge in [-0.05, 0) is 36.8 Å². The number of esters is 1. The Bertz CT molecular complexity index is 636. The third kappa shape index (κ3) is 2.86. The first-order chi connectivity index (χ1) is 9.52. The smallest absolute Gasteiger partial charge is 0.340 e. The molecule has 4 nitrogen and oxygen atoms in total. The van der Waals surface area contributed by atoms with Gasteiger partial charge in [0, 0.05) is 5.69 Å². The van der Waals surface area contributed by atoms with Gasteiger partial charge in [0.2, 0.25) is 0 Å². The predicted molar refractivity (Wildman–Crippen MR) is 81.7 cm³/mol. The van der Waals surface area contributed by atoms with Crippen LogP contribution in [0.3, 0.4) is 0 Å². The number of para-hydroxylation sites is 1. The second-order valence-electron chi connectivity index (χ2n) is 4.35. The quantitative estimate of drug-likeness (QED) is 0.667. The number of anilines is 3. The van der Waals surface area contributed by atoms with Crippen molar-refractivity contribution in [3.8, 4) is 0 Å². The number of ether oxygens (including phenoxy) is 1. The van der Waals surface area contributed by atoms with Crippen molar-refractivity contribution in [1.29, 1.82) is 0 Å². The number of carbonyl (C=O) groups excluding carboxylic acids is 1. The van der Waals surface area contributed by atoms with Crippen molar-refractivity contribution >= 4 is 34.6 Å². The third-order valence-corrected chi connectivity index (χ3v) is 3.25. The Morgan fingerprint density at radius 1 is 1.30 bits per heavy atom. The highest BCUT2D eigenvalue weighted by atomic mass is 35.5. The molecule has 3 N–H and O–H groups in total. The van der Waals surface area contributed by atoms with E-state index in [2.05, 4.69) is 5.32 Å². The zero-order chi connectivity index (χ0) is 14.7. The number of carbonyl (C=O) groups is 1. The number of hydrogen-bond donors (Lipinski definition) is 2. The Morgan fingerprint density at radius 2 is 2.05 bits per heavy atom. The number of benzene rings is 2. The van der Waals surface area contributed by atoms with Crippen molar-refractivity contribution in [3.05, 3.63) is 52.5 Å². The van der Waals surface area contributed by atoms with Gasteiger partial charge in [0.05, 0.1) is 29.1 Å². The van der Waals surface area contributed by atoms with Gasteiger partial charge in [-0.1, -0.05) is 23.7 Å². The van der Waals surface area contributed by atoms with Crippen molar-refractivity contribution in [2.75, 3.05) is 18.2 Å². The highest BCUT2D eigenvalue weighted by Crippen LogP contribution is 2.31. The Balaban J connectivity index is 2.46. The molecule has 0 aliphatic heterocycles. The van der Waals surface area contributed by atoms with Crippen LogP contribution in [0.5, 0.6) is 0 Å². The molecule has 0 amide bonds. The third-order valence-electron chi connectivity index (χ3n) is 2.93. The van der Waals surface area contributed by atoms with E-state index in [-0.39, 0.29) is 0 Å². The summed E-state index contributed by atoms with van der Waals surface area (Å²) in [5.41, 5.74) is 8.90. The fourth-order valence-corrected chi connectivity index (χ4v) is 2.14. The Labute approximate surface area is 122 Å². The standard InChI is InChI=1S/C15H15ClN2O2/c1-9-4-3-5-12(16)14(9)18-13-7-6-10(17)8-11(13)15(19)20-2/h3-8,18H,17H2,1-2H3. The van der Waals surface area contributed by atoms with Crippen LogP contribution in [0.1, 0.15) is 15.9 Å².